The Bertz CT molecular complexity index is 361. The van der Waals surface area contributed by atoms with Crippen LogP contribution in [-0.2, 0) is 11.2 Å². The maximum atomic E-state index is 10.9. The molecular weight excluding hydrogens is 284 g/mol. The Morgan fingerprint density at radius 3 is 2.35 bits per heavy atom. The normalized spacial score (nSPS) is 14.4. The zero-order valence-electron chi connectivity index (χ0n) is 9.77. The average Bonchev–Trinajstić information content (AvgIpc) is 2.28. The summed E-state index contributed by atoms with van der Waals surface area (Å²) in [5.41, 5.74) is 1.59. The van der Waals surface area contributed by atoms with E-state index in [9.17, 15) is 15.0 Å². The smallest absolute Gasteiger partial charge is 0.134 e. The Kier molecular flexibility index (Phi) is 5.82. The number of hydrogen-bond acceptors (Lipinski definition) is 3. The maximum absolute atomic E-state index is 10.9. The molecule has 0 aromatic heterocycles. The lowest BCUT2D eigenvalue weighted by Crippen LogP contribution is -2.18. The maximum Gasteiger partial charge on any atom is 0.134 e. The molecule has 0 saturated heterocycles. The van der Waals surface area contributed by atoms with Crippen molar-refractivity contribution in [2.75, 3.05) is 5.33 Å². The molecule has 3 nitrogen and oxygen atoms in total. The van der Waals surface area contributed by atoms with Crippen molar-refractivity contribution in [2.24, 2.45) is 0 Å². The first-order chi connectivity index (χ1) is 8.04. The van der Waals surface area contributed by atoms with Crippen LogP contribution in [0.3, 0.4) is 0 Å². The molecule has 0 radical (unpaired) electrons. The molecule has 0 heterocycles. The van der Waals surface area contributed by atoms with E-state index in [1.54, 1.807) is 31.2 Å². The lowest BCUT2D eigenvalue weighted by molar-refractivity contribution is -0.116. The van der Waals surface area contributed by atoms with Gasteiger partial charge in [0.15, 0.2) is 0 Å². The van der Waals surface area contributed by atoms with Gasteiger partial charge in [-0.1, -0.05) is 40.2 Å². The second-order valence-electron chi connectivity index (χ2n) is 4.11. The Morgan fingerprint density at radius 1 is 1.29 bits per heavy atom. The summed E-state index contributed by atoms with van der Waals surface area (Å²) in [6, 6.07) is 7.11. The van der Waals surface area contributed by atoms with Crippen LogP contribution in [0.15, 0.2) is 24.3 Å². The number of halogens is 1. The van der Waals surface area contributed by atoms with Gasteiger partial charge in [0, 0.05) is 11.8 Å². The van der Waals surface area contributed by atoms with Crippen LogP contribution in [0.25, 0.3) is 0 Å². The summed E-state index contributed by atoms with van der Waals surface area (Å²) in [7, 11) is 0. The Hall–Kier alpha value is -0.710. The molecule has 0 aliphatic heterocycles. The summed E-state index contributed by atoms with van der Waals surface area (Å²) in [4.78, 5) is 10.9. The van der Waals surface area contributed by atoms with Gasteiger partial charge in [-0.3, -0.25) is 4.79 Å². The minimum absolute atomic E-state index is 0.109. The first kappa shape index (κ1) is 14.4. The van der Waals surface area contributed by atoms with Crippen LogP contribution in [0, 0.1) is 0 Å². The second kappa shape index (κ2) is 6.89. The molecule has 0 bridgehead atoms. The molecule has 1 rings (SSSR count). The lowest BCUT2D eigenvalue weighted by atomic mass is 10.00. The lowest BCUT2D eigenvalue weighted by Gasteiger charge is -2.17. The van der Waals surface area contributed by atoms with Crippen molar-refractivity contribution < 1.29 is 15.0 Å². The first-order valence-corrected chi connectivity index (χ1v) is 6.67. The molecule has 4 heteroatoms. The van der Waals surface area contributed by atoms with E-state index < -0.39 is 12.2 Å². The summed E-state index contributed by atoms with van der Waals surface area (Å²) in [5.74, 6) is 0.109. The predicted molar refractivity (Wildman–Crippen MR) is 70.2 cm³/mol. The van der Waals surface area contributed by atoms with Gasteiger partial charge < -0.3 is 10.2 Å². The third-order valence-electron chi connectivity index (χ3n) is 2.54. The van der Waals surface area contributed by atoms with Gasteiger partial charge in [-0.25, -0.2) is 0 Å². The molecule has 2 atom stereocenters. The van der Waals surface area contributed by atoms with E-state index in [4.69, 9.17) is 0 Å². The van der Waals surface area contributed by atoms with Gasteiger partial charge in [0.1, 0.15) is 11.9 Å². The molecule has 0 fully saturated rings. The minimum atomic E-state index is -0.876. The summed E-state index contributed by atoms with van der Waals surface area (Å²) < 4.78 is 0. The van der Waals surface area contributed by atoms with Crippen molar-refractivity contribution in [1.29, 1.82) is 0 Å². The van der Waals surface area contributed by atoms with Crippen LogP contribution < -0.4 is 0 Å². The number of benzene rings is 1. The van der Waals surface area contributed by atoms with E-state index in [1.807, 2.05) is 0 Å². The van der Waals surface area contributed by atoms with E-state index in [1.165, 1.54) is 0 Å². The van der Waals surface area contributed by atoms with Gasteiger partial charge in [0.25, 0.3) is 0 Å². The molecule has 0 spiro atoms. The van der Waals surface area contributed by atoms with Crippen molar-refractivity contribution in [3.05, 3.63) is 35.4 Å². The fourth-order valence-corrected chi connectivity index (χ4v) is 2.08. The summed E-state index contributed by atoms with van der Waals surface area (Å²) >= 11 is 3.22. The molecule has 1 aromatic rings. The van der Waals surface area contributed by atoms with Crippen molar-refractivity contribution >= 4 is 21.7 Å². The largest absolute Gasteiger partial charge is 0.390 e. The molecule has 17 heavy (non-hydrogen) atoms. The topological polar surface area (TPSA) is 57.5 Å². The number of carbonyl (C=O) groups excluding carboxylic acids is 1. The highest BCUT2D eigenvalue weighted by molar-refractivity contribution is 9.09. The highest BCUT2D eigenvalue weighted by Gasteiger charge is 2.17. The van der Waals surface area contributed by atoms with Crippen molar-refractivity contribution in [3.63, 3.8) is 0 Å². The number of Topliss-reactive ketones (excluding diaryl/α,β-unsaturated/α-hetero) is 1. The van der Waals surface area contributed by atoms with E-state index in [0.717, 1.165) is 5.56 Å². The van der Waals surface area contributed by atoms with Gasteiger partial charge >= 0.3 is 0 Å². The second-order valence-corrected chi connectivity index (χ2v) is 4.90. The molecule has 0 saturated carbocycles. The van der Waals surface area contributed by atoms with Crippen molar-refractivity contribution in [3.8, 4) is 0 Å². The van der Waals surface area contributed by atoms with E-state index in [2.05, 4.69) is 15.9 Å². The molecule has 2 N–H and O–H groups in total. The Balaban J connectivity index is 2.69. The highest BCUT2D eigenvalue weighted by atomic mass is 79.9. The third kappa shape index (κ3) is 4.58. The standard InChI is InChI=1S/C13H17BrO3/c1-9(15)8-10-2-4-11(5-3-10)13(17)12(16)6-7-14/h2-5,12-13,16-17H,6-8H2,1H3. The molecule has 0 aliphatic carbocycles. The minimum Gasteiger partial charge on any atom is -0.390 e. The SMILES string of the molecule is CC(=O)Cc1ccc(C(O)C(O)CCBr)cc1. The number of aliphatic hydroxyl groups excluding tert-OH is 2. The van der Waals surface area contributed by atoms with Gasteiger partial charge in [0.2, 0.25) is 0 Å². The number of carbonyl (C=O) groups is 1. The summed E-state index contributed by atoms with van der Waals surface area (Å²) in [6.45, 7) is 1.54. The number of ketones is 1. The zero-order chi connectivity index (χ0) is 12.8. The fourth-order valence-electron chi connectivity index (χ4n) is 1.61. The van der Waals surface area contributed by atoms with Gasteiger partial charge in [-0.05, 0) is 24.5 Å². The van der Waals surface area contributed by atoms with Gasteiger partial charge in [-0.2, -0.15) is 0 Å². The molecule has 94 valence electrons. The van der Waals surface area contributed by atoms with Crippen LogP contribution in [0.5, 0.6) is 0 Å². The van der Waals surface area contributed by atoms with Crippen molar-refractivity contribution in [1.82, 2.24) is 0 Å². The van der Waals surface area contributed by atoms with Crippen LogP contribution in [0.4, 0.5) is 0 Å². The highest BCUT2D eigenvalue weighted by Crippen LogP contribution is 2.20. The van der Waals surface area contributed by atoms with Gasteiger partial charge in [-0.15, -0.1) is 0 Å². The first-order valence-electron chi connectivity index (χ1n) is 5.55. The van der Waals surface area contributed by atoms with E-state index >= 15 is 0 Å². The zero-order valence-corrected chi connectivity index (χ0v) is 11.4. The number of aliphatic hydroxyl groups is 2. The monoisotopic (exact) mass is 300 g/mol. The number of hydrogen-bond donors (Lipinski definition) is 2. The number of rotatable bonds is 6. The van der Waals surface area contributed by atoms with Crippen LogP contribution in [-0.4, -0.2) is 27.4 Å². The van der Waals surface area contributed by atoms with E-state index in [0.29, 0.717) is 23.7 Å². The van der Waals surface area contributed by atoms with Crippen LogP contribution in [0.2, 0.25) is 0 Å². The molecule has 0 aliphatic rings. The quantitative estimate of drug-likeness (QED) is 0.790. The summed E-state index contributed by atoms with van der Waals surface area (Å²) in [5, 5.41) is 20.2. The molecular formula is C13H17BrO3. The average molecular weight is 301 g/mol. The third-order valence-corrected chi connectivity index (χ3v) is 3.00. The molecule has 2 unspecified atom stereocenters. The Labute approximate surface area is 110 Å². The molecule has 1 aromatic carbocycles. The fraction of sp³-hybridized carbons (Fsp3) is 0.462. The summed E-state index contributed by atoms with van der Waals surface area (Å²) in [6.07, 6.45) is -0.747. The molecule has 0 amide bonds. The van der Waals surface area contributed by atoms with Crippen LogP contribution in [0.1, 0.15) is 30.6 Å². The number of alkyl halides is 1. The van der Waals surface area contributed by atoms with Gasteiger partial charge in [0.05, 0.1) is 6.10 Å². The van der Waals surface area contributed by atoms with E-state index in [-0.39, 0.29) is 5.78 Å². The predicted octanol–water partition coefficient (Wildman–Crippen LogP) is 2.00. The Morgan fingerprint density at radius 2 is 1.88 bits per heavy atom. The van der Waals surface area contributed by atoms with Crippen LogP contribution >= 0.6 is 15.9 Å². The van der Waals surface area contributed by atoms with Crippen molar-refractivity contribution in [2.45, 2.75) is 32.0 Å².